The number of carbonyl (C=O) groups excluding carboxylic acids is 1. The molecule has 2 aromatic rings. The lowest BCUT2D eigenvalue weighted by molar-refractivity contribution is -0.131. The number of hydrogen-bond donors (Lipinski definition) is 1. The third kappa shape index (κ3) is 4.03. The quantitative estimate of drug-likeness (QED) is 0.829. The van der Waals surface area contributed by atoms with Crippen LogP contribution in [-0.2, 0) is 24.3 Å². The zero-order chi connectivity index (χ0) is 17.1. The summed E-state index contributed by atoms with van der Waals surface area (Å²) < 4.78 is 0. The first-order chi connectivity index (χ1) is 12.3. The van der Waals surface area contributed by atoms with Crippen molar-refractivity contribution in [1.82, 2.24) is 9.88 Å². The molecule has 0 atom stereocenters. The number of thiazole rings is 1. The average molecular weight is 356 g/mol. The van der Waals surface area contributed by atoms with Crippen LogP contribution in [0.1, 0.15) is 54.5 Å². The standard InChI is InChI=1S/C20H25N3OS/c24-19(23-13-15-7-5-6-8-16(15)14-23)11-18-12-21-20(25-18)22-17-9-3-1-2-4-10-17/h5-8,12,17H,1-4,9-11,13-14H2,(H,21,22). The Balaban J connectivity index is 1.33. The van der Waals surface area contributed by atoms with Gasteiger partial charge in [-0.25, -0.2) is 4.98 Å². The van der Waals surface area contributed by atoms with Gasteiger partial charge in [-0.05, 0) is 24.0 Å². The Kier molecular flexibility index (Phi) is 5.02. The molecule has 132 valence electrons. The molecule has 0 bridgehead atoms. The Labute approximate surface area is 153 Å². The van der Waals surface area contributed by atoms with E-state index in [0.717, 1.165) is 23.1 Å². The molecule has 1 aromatic carbocycles. The van der Waals surface area contributed by atoms with Crippen LogP contribution >= 0.6 is 11.3 Å². The maximum atomic E-state index is 12.6. The summed E-state index contributed by atoms with van der Waals surface area (Å²) in [5, 5.41) is 4.55. The monoisotopic (exact) mass is 355 g/mol. The van der Waals surface area contributed by atoms with Gasteiger partial charge in [0.05, 0.1) is 6.42 Å². The molecule has 1 aromatic heterocycles. The van der Waals surface area contributed by atoms with Crippen LogP contribution in [0.3, 0.4) is 0 Å². The van der Waals surface area contributed by atoms with Crippen molar-refractivity contribution in [2.24, 2.45) is 0 Å². The fourth-order valence-electron chi connectivity index (χ4n) is 3.82. The normalized spacial score (nSPS) is 18.0. The highest BCUT2D eigenvalue weighted by Crippen LogP contribution is 2.26. The van der Waals surface area contributed by atoms with E-state index in [4.69, 9.17) is 0 Å². The van der Waals surface area contributed by atoms with Crippen LogP contribution in [0, 0.1) is 0 Å². The van der Waals surface area contributed by atoms with Gasteiger partial charge in [0, 0.05) is 30.2 Å². The molecule has 1 amide bonds. The van der Waals surface area contributed by atoms with Gasteiger partial charge in [-0.2, -0.15) is 0 Å². The van der Waals surface area contributed by atoms with Crippen molar-refractivity contribution in [3.8, 4) is 0 Å². The van der Waals surface area contributed by atoms with E-state index in [2.05, 4.69) is 22.4 Å². The number of hydrogen-bond acceptors (Lipinski definition) is 4. The van der Waals surface area contributed by atoms with Crippen molar-refractivity contribution >= 4 is 22.4 Å². The molecule has 1 aliphatic carbocycles. The summed E-state index contributed by atoms with van der Waals surface area (Å²) in [5.74, 6) is 0.195. The lowest BCUT2D eigenvalue weighted by Crippen LogP contribution is -2.26. The Morgan fingerprint density at radius 2 is 1.80 bits per heavy atom. The van der Waals surface area contributed by atoms with E-state index in [-0.39, 0.29) is 5.91 Å². The third-order valence-electron chi connectivity index (χ3n) is 5.26. The van der Waals surface area contributed by atoms with Gasteiger partial charge in [0.15, 0.2) is 5.13 Å². The van der Waals surface area contributed by atoms with Crippen LogP contribution in [0.25, 0.3) is 0 Å². The molecule has 5 heteroatoms. The molecule has 0 spiro atoms. The highest BCUT2D eigenvalue weighted by molar-refractivity contribution is 7.15. The molecule has 0 saturated heterocycles. The molecule has 2 aliphatic rings. The lowest BCUT2D eigenvalue weighted by atomic mass is 10.1. The minimum absolute atomic E-state index is 0.195. The molecular weight excluding hydrogens is 330 g/mol. The highest BCUT2D eigenvalue weighted by atomic mass is 32.1. The molecule has 4 nitrogen and oxygen atoms in total. The van der Waals surface area contributed by atoms with E-state index >= 15 is 0 Å². The molecule has 1 fully saturated rings. The summed E-state index contributed by atoms with van der Waals surface area (Å²) in [6.07, 6.45) is 10.1. The minimum atomic E-state index is 0.195. The first-order valence-corrected chi connectivity index (χ1v) is 10.2. The van der Waals surface area contributed by atoms with Gasteiger partial charge in [-0.3, -0.25) is 4.79 Å². The average Bonchev–Trinajstić information content (AvgIpc) is 3.16. The van der Waals surface area contributed by atoms with Crippen LogP contribution in [0.5, 0.6) is 0 Å². The van der Waals surface area contributed by atoms with Gasteiger partial charge >= 0.3 is 0 Å². The molecule has 0 radical (unpaired) electrons. The van der Waals surface area contributed by atoms with Crippen LogP contribution < -0.4 is 5.32 Å². The fourth-order valence-corrected chi connectivity index (χ4v) is 4.71. The maximum absolute atomic E-state index is 12.6. The van der Waals surface area contributed by atoms with Crippen LogP contribution in [0.2, 0.25) is 0 Å². The van der Waals surface area contributed by atoms with E-state index in [1.54, 1.807) is 11.3 Å². The van der Waals surface area contributed by atoms with Crippen LogP contribution in [-0.4, -0.2) is 21.8 Å². The number of benzene rings is 1. The van der Waals surface area contributed by atoms with Gasteiger partial charge in [0.2, 0.25) is 5.91 Å². The SMILES string of the molecule is O=C(Cc1cnc(NC2CCCCCC2)s1)N1Cc2ccccc2C1. The van der Waals surface area contributed by atoms with Crippen molar-refractivity contribution in [2.75, 3.05) is 5.32 Å². The van der Waals surface area contributed by atoms with E-state index in [1.807, 2.05) is 23.2 Å². The second kappa shape index (κ2) is 7.56. The number of nitrogens with zero attached hydrogens (tertiary/aromatic N) is 2. The summed E-state index contributed by atoms with van der Waals surface area (Å²) in [7, 11) is 0. The van der Waals surface area contributed by atoms with E-state index in [9.17, 15) is 4.79 Å². The second-order valence-electron chi connectivity index (χ2n) is 7.16. The van der Waals surface area contributed by atoms with E-state index in [0.29, 0.717) is 12.5 Å². The Bertz CT molecular complexity index is 709. The Hall–Kier alpha value is -1.88. The second-order valence-corrected chi connectivity index (χ2v) is 8.28. The third-order valence-corrected chi connectivity index (χ3v) is 6.18. The molecule has 0 unspecified atom stereocenters. The van der Waals surface area contributed by atoms with E-state index in [1.165, 1.54) is 49.7 Å². The lowest BCUT2D eigenvalue weighted by Gasteiger charge is -2.15. The molecule has 4 rings (SSSR count). The molecular formula is C20H25N3OS. The van der Waals surface area contributed by atoms with Gasteiger partial charge in [0.25, 0.3) is 0 Å². The minimum Gasteiger partial charge on any atom is -0.359 e. The van der Waals surface area contributed by atoms with Gasteiger partial charge < -0.3 is 10.2 Å². The number of fused-ring (bicyclic) bond motifs is 1. The van der Waals surface area contributed by atoms with E-state index < -0.39 is 0 Å². The Morgan fingerprint density at radius 3 is 2.48 bits per heavy atom. The smallest absolute Gasteiger partial charge is 0.228 e. The number of carbonyl (C=O) groups is 1. The highest BCUT2D eigenvalue weighted by Gasteiger charge is 2.23. The molecule has 1 N–H and O–H groups in total. The molecule has 25 heavy (non-hydrogen) atoms. The van der Waals surface area contributed by atoms with Crippen LogP contribution in [0.4, 0.5) is 5.13 Å². The number of rotatable bonds is 4. The van der Waals surface area contributed by atoms with Crippen molar-refractivity contribution in [2.45, 2.75) is 64.1 Å². The first-order valence-electron chi connectivity index (χ1n) is 9.34. The van der Waals surface area contributed by atoms with Crippen molar-refractivity contribution in [3.05, 3.63) is 46.5 Å². The number of nitrogens with one attached hydrogen (secondary N) is 1. The summed E-state index contributed by atoms with van der Waals surface area (Å²) >= 11 is 1.63. The molecule has 2 heterocycles. The predicted molar refractivity (Wildman–Crippen MR) is 102 cm³/mol. The largest absolute Gasteiger partial charge is 0.359 e. The fraction of sp³-hybridized carbons (Fsp3) is 0.500. The topological polar surface area (TPSA) is 45.2 Å². The maximum Gasteiger partial charge on any atom is 0.228 e. The zero-order valence-corrected chi connectivity index (χ0v) is 15.4. The number of aromatic nitrogens is 1. The van der Waals surface area contributed by atoms with Crippen molar-refractivity contribution < 1.29 is 4.79 Å². The molecule has 1 saturated carbocycles. The summed E-state index contributed by atoms with van der Waals surface area (Å²) in [6, 6.07) is 8.86. The summed E-state index contributed by atoms with van der Waals surface area (Å²) in [4.78, 5) is 20.1. The van der Waals surface area contributed by atoms with Crippen LogP contribution in [0.15, 0.2) is 30.5 Å². The summed E-state index contributed by atoms with van der Waals surface area (Å²) in [6.45, 7) is 1.47. The first kappa shape index (κ1) is 16.6. The predicted octanol–water partition coefficient (Wildman–Crippen LogP) is 4.36. The van der Waals surface area contributed by atoms with Crippen molar-refractivity contribution in [1.29, 1.82) is 0 Å². The van der Waals surface area contributed by atoms with Gasteiger partial charge in [0.1, 0.15) is 0 Å². The van der Waals surface area contributed by atoms with Crippen molar-refractivity contribution in [3.63, 3.8) is 0 Å². The zero-order valence-electron chi connectivity index (χ0n) is 14.5. The van der Waals surface area contributed by atoms with Gasteiger partial charge in [-0.15, -0.1) is 11.3 Å². The number of anilines is 1. The van der Waals surface area contributed by atoms with Gasteiger partial charge in [-0.1, -0.05) is 49.9 Å². The Morgan fingerprint density at radius 1 is 1.12 bits per heavy atom. The summed E-state index contributed by atoms with van der Waals surface area (Å²) in [5.41, 5.74) is 2.55. The number of amides is 1. The molecule has 1 aliphatic heterocycles.